The maximum Gasteiger partial charge on any atom is 0.406 e. The van der Waals surface area contributed by atoms with Gasteiger partial charge in [0.2, 0.25) is 10.0 Å². The summed E-state index contributed by atoms with van der Waals surface area (Å²) in [5.41, 5.74) is -0.483. The Morgan fingerprint density at radius 2 is 2.05 bits per heavy atom. The van der Waals surface area contributed by atoms with E-state index in [-0.39, 0.29) is 6.10 Å². The molecule has 1 heterocycles. The Morgan fingerprint density at radius 1 is 1.43 bits per heavy atom. The van der Waals surface area contributed by atoms with Gasteiger partial charge >= 0.3 is 12.1 Å². The van der Waals surface area contributed by atoms with Crippen LogP contribution in [0.5, 0.6) is 0 Å². The molecule has 118 valence electrons. The van der Waals surface area contributed by atoms with Crippen LogP contribution >= 0.6 is 0 Å². The van der Waals surface area contributed by atoms with E-state index in [0.29, 0.717) is 23.6 Å². The summed E-state index contributed by atoms with van der Waals surface area (Å²) in [7, 11) is -4.21. The lowest BCUT2D eigenvalue weighted by molar-refractivity contribution is -0.140. The van der Waals surface area contributed by atoms with Crippen LogP contribution in [0.15, 0.2) is 17.2 Å². The number of alkyl halides is 3. The lowest BCUT2D eigenvalue weighted by atomic mass is 9.96. The van der Waals surface area contributed by atoms with Crippen molar-refractivity contribution in [2.75, 3.05) is 0 Å². The van der Waals surface area contributed by atoms with Crippen molar-refractivity contribution in [2.24, 2.45) is 5.14 Å². The molecule has 0 radical (unpaired) electrons. The van der Waals surface area contributed by atoms with E-state index >= 15 is 0 Å². The zero-order valence-corrected chi connectivity index (χ0v) is 11.6. The summed E-state index contributed by atoms with van der Waals surface area (Å²) in [6.07, 6.45) is -2.09. The van der Waals surface area contributed by atoms with Gasteiger partial charge in [0.25, 0.3) is 0 Å². The van der Waals surface area contributed by atoms with Gasteiger partial charge in [-0.3, -0.25) is 0 Å². The molecule has 1 fully saturated rings. The Labute approximate surface area is 118 Å². The first-order valence-corrected chi connectivity index (χ1v) is 7.61. The summed E-state index contributed by atoms with van der Waals surface area (Å²) in [4.78, 5) is 11.3. The van der Waals surface area contributed by atoms with Gasteiger partial charge in [-0.15, -0.1) is 0 Å². The van der Waals surface area contributed by atoms with E-state index in [0.717, 1.165) is 12.5 Å². The van der Waals surface area contributed by atoms with E-state index in [4.69, 9.17) is 9.88 Å². The molecule has 1 aromatic heterocycles. The van der Waals surface area contributed by atoms with Crippen molar-refractivity contribution in [1.29, 1.82) is 0 Å². The number of hydrogen-bond donors (Lipinski definition) is 1. The van der Waals surface area contributed by atoms with Crippen LogP contribution in [0.2, 0.25) is 0 Å². The largest absolute Gasteiger partial charge is 0.458 e. The number of nitrogens with zero attached hydrogens (tertiary/aromatic N) is 1. The second kappa shape index (κ2) is 5.34. The average Bonchev–Trinajstić information content (AvgIpc) is 2.64. The van der Waals surface area contributed by atoms with E-state index in [1.807, 2.05) is 0 Å². The molecule has 2 N–H and O–H groups in total. The Morgan fingerprint density at radius 3 is 2.48 bits per heavy atom. The van der Waals surface area contributed by atoms with Gasteiger partial charge < -0.3 is 9.30 Å². The van der Waals surface area contributed by atoms with Crippen molar-refractivity contribution in [1.82, 2.24) is 4.57 Å². The van der Waals surface area contributed by atoms with E-state index in [9.17, 15) is 26.4 Å². The summed E-state index contributed by atoms with van der Waals surface area (Å²) in [6, 6.07) is 0.794. The fraction of sp³-hybridized carbons (Fsp3) is 0.545. The van der Waals surface area contributed by atoms with Crippen LogP contribution in [0.3, 0.4) is 0 Å². The van der Waals surface area contributed by atoms with Gasteiger partial charge in [0.05, 0.1) is 0 Å². The molecule has 6 nitrogen and oxygen atoms in total. The molecule has 21 heavy (non-hydrogen) atoms. The number of ether oxygens (including phenoxy) is 1. The predicted octanol–water partition coefficient (Wildman–Crippen LogP) is 1.41. The van der Waals surface area contributed by atoms with Gasteiger partial charge in [0.1, 0.15) is 23.2 Å². The number of sulfonamides is 1. The first-order valence-electron chi connectivity index (χ1n) is 6.07. The van der Waals surface area contributed by atoms with Crippen molar-refractivity contribution in [3.63, 3.8) is 0 Å². The van der Waals surface area contributed by atoms with Gasteiger partial charge in [-0.25, -0.2) is 18.4 Å². The molecule has 0 amide bonds. The number of hydrogen-bond acceptors (Lipinski definition) is 4. The number of primary sulfonamides is 1. The molecule has 10 heteroatoms. The number of esters is 1. The summed E-state index contributed by atoms with van der Waals surface area (Å²) < 4.78 is 65.3. The normalized spacial score (nSPS) is 16.6. The molecule has 0 bridgehead atoms. The molecule has 0 unspecified atom stereocenters. The summed E-state index contributed by atoms with van der Waals surface area (Å²) in [5.74, 6) is -0.987. The molecule has 2 rings (SSSR count). The molecule has 0 aromatic carbocycles. The summed E-state index contributed by atoms with van der Waals surface area (Å²) >= 11 is 0. The van der Waals surface area contributed by atoms with Crippen LogP contribution in [-0.4, -0.2) is 31.2 Å². The van der Waals surface area contributed by atoms with Crippen molar-refractivity contribution in [3.05, 3.63) is 18.0 Å². The monoisotopic (exact) mass is 326 g/mol. The number of halogens is 3. The third kappa shape index (κ3) is 3.97. The molecular formula is C11H13F3N2O4S. The molecule has 0 spiro atoms. The second-order valence-corrected chi connectivity index (χ2v) is 6.37. The maximum absolute atomic E-state index is 12.5. The van der Waals surface area contributed by atoms with Crippen LogP contribution < -0.4 is 5.14 Å². The topological polar surface area (TPSA) is 91.4 Å². The van der Waals surface area contributed by atoms with Gasteiger partial charge in [-0.2, -0.15) is 13.2 Å². The molecule has 0 aliphatic heterocycles. The molecule has 1 saturated carbocycles. The van der Waals surface area contributed by atoms with Gasteiger partial charge in [0.15, 0.2) is 0 Å². The highest BCUT2D eigenvalue weighted by Crippen LogP contribution is 2.26. The quantitative estimate of drug-likeness (QED) is 0.847. The molecular weight excluding hydrogens is 313 g/mol. The minimum atomic E-state index is -4.61. The van der Waals surface area contributed by atoms with Crippen molar-refractivity contribution in [2.45, 2.75) is 43.0 Å². The molecule has 1 aliphatic rings. The molecule has 1 aromatic rings. The summed E-state index contributed by atoms with van der Waals surface area (Å²) in [5, 5.41) is 4.87. The number of carbonyl (C=O) groups is 1. The van der Waals surface area contributed by atoms with Gasteiger partial charge in [-0.1, -0.05) is 0 Å². The van der Waals surface area contributed by atoms with Crippen LogP contribution in [-0.2, 0) is 21.3 Å². The van der Waals surface area contributed by atoms with Gasteiger partial charge in [0, 0.05) is 6.20 Å². The van der Waals surface area contributed by atoms with E-state index in [1.54, 1.807) is 0 Å². The molecule has 0 saturated heterocycles. The molecule has 1 aliphatic carbocycles. The van der Waals surface area contributed by atoms with Crippen LogP contribution in [0.25, 0.3) is 0 Å². The third-order valence-corrected chi connectivity index (χ3v) is 3.97. The number of rotatable bonds is 4. The Bertz CT molecular complexity index is 647. The minimum absolute atomic E-state index is 0.329. The van der Waals surface area contributed by atoms with Gasteiger partial charge in [-0.05, 0) is 25.3 Å². The fourth-order valence-corrected chi connectivity index (χ4v) is 2.38. The van der Waals surface area contributed by atoms with Crippen molar-refractivity contribution in [3.8, 4) is 0 Å². The lowest BCUT2D eigenvalue weighted by Crippen LogP contribution is -2.27. The number of nitrogens with two attached hydrogens (primary N) is 1. The number of carbonyl (C=O) groups excluding carboxylic acids is 1. The highest BCUT2D eigenvalue weighted by atomic mass is 32.2. The Balaban J connectivity index is 2.31. The van der Waals surface area contributed by atoms with Crippen molar-refractivity contribution >= 4 is 16.0 Å². The Kier molecular flexibility index (Phi) is 4.02. The first kappa shape index (κ1) is 15.8. The average molecular weight is 326 g/mol. The highest BCUT2D eigenvalue weighted by Gasteiger charge is 2.32. The van der Waals surface area contributed by atoms with E-state index in [2.05, 4.69) is 0 Å². The summed E-state index contributed by atoms with van der Waals surface area (Å²) in [6.45, 7) is -1.50. The Hall–Kier alpha value is -1.55. The van der Waals surface area contributed by atoms with Crippen LogP contribution in [0.1, 0.15) is 29.8 Å². The third-order valence-electron chi connectivity index (χ3n) is 3.08. The zero-order chi connectivity index (χ0) is 15.8. The van der Waals surface area contributed by atoms with E-state index < -0.39 is 39.3 Å². The van der Waals surface area contributed by atoms with Crippen molar-refractivity contribution < 1.29 is 31.1 Å². The number of aromatic nitrogens is 1. The van der Waals surface area contributed by atoms with Crippen LogP contribution in [0.4, 0.5) is 13.2 Å². The molecule has 0 atom stereocenters. The predicted molar refractivity (Wildman–Crippen MR) is 64.9 cm³/mol. The minimum Gasteiger partial charge on any atom is -0.458 e. The maximum atomic E-state index is 12.5. The standard InChI is InChI=1S/C11H13F3N2O4S/c12-11(13,14)6-16-5-8(21(15,18)19)4-9(16)10(17)20-7-2-1-3-7/h4-5,7H,1-3,6H2,(H2,15,18,19). The highest BCUT2D eigenvalue weighted by molar-refractivity contribution is 7.89. The second-order valence-electron chi connectivity index (χ2n) is 4.81. The fourth-order valence-electron chi connectivity index (χ4n) is 1.83. The lowest BCUT2D eigenvalue weighted by Gasteiger charge is -2.25. The van der Waals surface area contributed by atoms with Crippen LogP contribution in [0, 0.1) is 0 Å². The first-order chi connectivity index (χ1) is 9.56. The smallest absolute Gasteiger partial charge is 0.406 e. The zero-order valence-electron chi connectivity index (χ0n) is 10.8. The SMILES string of the molecule is NS(=O)(=O)c1cc(C(=O)OC2CCC2)n(CC(F)(F)F)c1. The van der Waals surface area contributed by atoms with E-state index in [1.165, 1.54) is 0 Å².